The van der Waals surface area contributed by atoms with Gasteiger partial charge in [0, 0.05) is 13.6 Å². The number of nitrogens with zero attached hydrogens (tertiary/aromatic N) is 3. The highest BCUT2D eigenvalue weighted by atomic mass is 15.1. The summed E-state index contributed by atoms with van der Waals surface area (Å²) in [4.78, 5) is 10.9. The summed E-state index contributed by atoms with van der Waals surface area (Å²) in [5.74, 6) is 1.56. The predicted molar refractivity (Wildman–Crippen MR) is 67.4 cm³/mol. The van der Waals surface area contributed by atoms with Gasteiger partial charge in [-0.1, -0.05) is 13.8 Å². The maximum absolute atomic E-state index is 4.35. The highest BCUT2D eigenvalue weighted by molar-refractivity contribution is 5.29. The first-order chi connectivity index (χ1) is 7.61. The molecule has 0 aliphatic heterocycles. The lowest BCUT2D eigenvalue weighted by Crippen LogP contribution is -2.21. The van der Waals surface area contributed by atoms with Gasteiger partial charge in [0.15, 0.2) is 0 Å². The fraction of sp³-hybridized carbons (Fsp3) is 0.667. The van der Waals surface area contributed by atoms with Gasteiger partial charge < -0.3 is 10.2 Å². The van der Waals surface area contributed by atoms with Crippen LogP contribution in [-0.4, -0.2) is 35.5 Å². The Labute approximate surface area is 98.1 Å². The lowest BCUT2D eigenvalue weighted by molar-refractivity contribution is 0.300. The van der Waals surface area contributed by atoms with Gasteiger partial charge in [-0.2, -0.15) is 0 Å². The Morgan fingerprint density at radius 2 is 2.06 bits per heavy atom. The summed E-state index contributed by atoms with van der Waals surface area (Å²) in [7, 11) is 3.97. The van der Waals surface area contributed by atoms with Crippen molar-refractivity contribution in [2.45, 2.75) is 26.8 Å². The summed E-state index contributed by atoms with van der Waals surface area (Å²) in [5, 5.41) is 2.96. The Morgan fingerprint density at radius 3 is 2.56 bits per heavy atom. The minimum absolute atomic E-state index is 0.750. The average molecular weight is 222 g/mol. The maximum atomic E-state index is 4.35. The van der Waals surface area contributed by atoms with E-state index in [1.807, 2.05) is 13.2 Å². The molecule has 0 fully saturated rings. The molecule has 0 amide bonds. The monoisotopic (exact) mass is 222 g/mol. The minimum Gasteiger partial charge on any atom is -0.372 e. The van der Waals surface area contributed by atoms with Crippen LogP contribution in [0.4, 0.5) is 5.82 Å². The van der Waals surface area contributed by atoms with Crippen LogP contribution in [0.5, 0.6) is 0 Å². The number of aromatic nitrogens is 2. The molecular formula is C12H22N4. The molecule has 1 aromatic heterocycles. The van der Waals surface area contributed by atoms with Crippen LogP contribution in [0.25, 0.3) is 0 Å². The number of hydrogen-bond donors (Lipinski definition) is 1. The first-order valence-corrected chi connectivity index (χ1v) is 5.79. The molecular weight excluding hydrogens is 200 g/mol. The molecule has 4 nitrogen and oxygen atoms in total. The second-order valence-corrected chi connectivity index (χ2v) is 4.56. The summed E-state index contributed by atoms with van der Waals surface area (Å²) >= 11 is 0. The zero-order chi connectivity index (χ0) is 12.0. The highest BCUT2D eigenvalue weighted by Crippen LogP contribution is 2.05. The Balaban J connectivity index is 2.40. The highest BCUT2D eigenvalue weighted by Gasteiger charge is 2.03. The van der Waals surface area contributed by atoms with E-state index < -0.39 is 0 Å². The Morgan fingerprint density at radius 1 is 1.31 bits per heavy atom. The number of rotatable bonds is 6. The molecule has 0 saturated carbocycles. The van der Waals surface area contributed by atoms with Gasteiger partial charge in [0.1, 0.15) is 5.82 Å². The molecule has 4 heteroatoms. The molecule has 1 aromatic rings. The van der Waals surface area contributed by atoms with Crippen LogP contribution >= 0.6 is 0 Å². The standard InChI is InChI=1S/C12H22N4/c1-10(2)5-6-16(4)9-11-7-15-12(13-3)8-14-11/h7-8,10H,5-6,9H2,1-4H3,(H,13,15). The van der Waals surface area contributed by atoms with E-state index in [9.17, 15) is 0 Å². The number of hydrogen-bond acceptors (Lipinski definition) is 4. The number of nitrogens with one attached hydrogen (secondary N) is 1. The topological polar surface area (TPSA) is 41.1 Å². The first-order valence-electron chi connectivity index (χ1n) is 5.79. The molecule has 1 rings (SSSR count). The van der Waals surface area contributed by atoms with E-state index in [4.69, 9.17) is 0 Å². The fourth-order valence-corrected chi connectivity index (χ4v) is 1.40. The summed E-state index contributed by atoms with van der Waals surface area (Å²) in [5.41, 5.74) is 1.02. The van der Waals surface area contributed by atoms with Crippen molar-refractivity contribution in [3.8, 4) is 0 Å². The van der Waals surface area contributed by atoms with Crippen molar-refractivity contribution in [3.05, 3.63) is 18.1 Å². The van der Waals surface area contributed by atoms with Crippen molar-refractivity contribution >= 4 is 5.82 Å². The van der Waals surface area contributed by atoms with E-state index in [1.165, 1.54) is 6.42 Å². The van der Waals surface area contributed by atoms with Crippen molar-refractivity contribution < 1.29 is 0 Å². The molecule has 0 aliphatic rings. The van der Waals surface area contributed by atoms with Crippen LogP contribution in [0.15, 0.2) is 12.4 Å². The van der Waals surface area contributed by atoms with E-state index >= 15 is 0 Å². The van der Waals surface area contributed by atoms with Gasteiger partial charge in [-0.05, 0) is 25.9 Å². The van der Waals surface area contributed by atoms with Crippen LogP contribution in [0.1, 0.15) is 26.0 Å². The molecule has 0 unspecified atom stereocenters. The molecule has 90 valence electrons. The van der Waals surface area contributed by atoms with E-state index in [0.717, 1.165) is 30.5 Å². The molecule has 0 aromatic carbocycles. The van der Waals surface area contributed by atoms with E-state index in [1.54, 1.807) is 6.20 Å². The van der Waals surface area contributed by atoms with Crippen LogP contribution in [0, 0.1) is 5.92 Å². The summed E-state index contributed by atoms with van der Waals surface area (Å²) < 4.78 is 0. The fourth-order valence-electron chi connectivity index (χ4n) is 1.40. The van der Waals surface area contributed by atoms with Crippen molar-refractivity contribution in [1.82, 2.24) is 14.9 Å². The van der Waals surface area contributed by atoms with Crippen LogP contribution < -0.4 is 5.32 Å². The molecule has 0 atom stereocenters. The second kappa shape index (κ2) is 6.43. The molecule has 0 radical (unpaired) electrons. The largest absolute Gasteiger partial charge is 0.372 e. The SMILES string of the molecule is CNc1cnc(CN(C)CCC(C)C)cn1. The maximum Gasteiger partial charge on any atom is 0.144 e. The molecule has 1 heterocycles. The third-order valence-corrected chi connectivity index (χ3v) is 2.48. The average Bonchev–Trinajstić information content (AvgIpc) is 2.27. The zero-order valence-electron chi connectivity index (χ0n) is 10.7. The van der Waals surface area contributed by atoms with Crippen molar-refractivity contribution in [2.24, 2.45) is 5.92 Å². The molecule has 16 heavy (non-hydrogen) atoms. The van der Waals surface area contributed by atoms with Gasteiger partial charge in [0.2, 0.25) is 0 Å². The van der Waals surface area contributed by atoms with Crippen LogP contribution in [0.2, 0.25) is 0 Å². The second-order valence-electron chi connectivity index (χ2n) is 4.56. The summed E-state index contributed by atoms with van der Waals surface area (Å²) in [6.07, 6.45) is 4.82. The molecule has 0 saturated heterocycles. The van der Waals surface area contributed by atoms with E-state index in [2.05, 4.69) is 41.1 Å². The van der Waals surface area contributed by atoms with Gasteiger partial charge in [-0.3, -0.25) is 4.98 Å². The van der Waals surface area contributed by atoms with Crippen molar-refractivity contribution in [1.29, 1.82) is 0 Å². The molecule has 0 bridgehead atoms. The zero-order valence-corrected chi connectivity index (χ0v) is 10.7. The lowest BCUT2D eigenvalue weighted by Gasteiger charge is -2.17. The van der Waals surface area contributed by atoms with Crippen LogP contribution in [-0.2, 0) is 6.54 Å². The van der Waals surface area contributed by atoms with E-state index in [0.29, 0.717) is 0 Å². The summed E-state index contributed by atoms with van der Waals surface area (Å²) in [6.45, 7) is 6.46. The smallest absolute Gasteiger partial charge is 0.144 e. The van der Waals surface area contributed by atoms with Gasteiger partial charge in [0.05, 0.1) is 18.1 Å². The van der Waals surface area contributed by atoms with Crippen molar-refractivity contribution in [3.63, 3.8) is 0 Å². The Hall–Kier alpha value is -1.16. The van der Waals surface area contributed by atoms with Gasteiger partial charge >= 0.3 is 0 Å². The van der Waals surface area contributed by atoms with E-state index in [-0.39, 0.29) is 0 Å². The van der Waals surface area contributed by atoms with Gasteiger partial charge in [-0.15, -0.1) is 0 Å². The van der Waals surface area contributed by atoms with Gasteiger partial charge in [-0.25, -0.2) is 4.98 Å². The molecule has 0 spiro atoms. The number of anilines is 1. The minimum atomic E-state index is 0.750. The lowest BCUT2D eigenvalue weighted by atomic mass is 10.1. The first kappa shape index (κ1) is 12.9. The predicted octanol–water partition coefficient (Wildman–Crippen LogP) is 2.00. The van der Waals surface area contributed by atoms with Crippen LogP contribution in [0.3, 0.4) is 0 Å². The third-order valence-electron chi connectivity index (χ3n) is 2.48. The molecule has 0 aliphatic carbocycles. The third kappa shape index (κ3) is 4.57. The normalized spacial score (nSPS) is 11.1. The molecule has 1 N–H and O–H groups in total. The van der Waals surface area contributed by atoms with Crippen molar-refractivity contribution in [2.75, 3.05) is 26.0 Å². The van der Waals surface area contributed by atoms with Gasteiger partial charge in [0.25, 0.3) is 0 Å². The Kier molecular flexibility index (Phi) is 5.19. The summed E-state index contributed by atoms with van der Waals surface area (Å²) in [6, 6.07) is 0. The Bertz CT molecular complexity index is 294. The quantitative estimate of drug-likeness (QED) is 0.799.